The molecule has 2 aromatic rings. The fourth-order valence-corrected chi connectivity index (χ4v) is 2.05. The molecule has 0 saturated heterocycles. The smallest absolute Gasteiger partial charge is 0.168 e. The van der Waals surface area contributed by atoms with Crippen molar-refractivity contribution in [3.05, 3.63) is 46.7 Å². The lowest BCUT2D eigenvalue weighted by Crippen LogP contribution is -2.08. The van der Waals surface area contributed by atoms with Crippen LogP contribution in [0.4, 0.5) is 5.69 Å². The zero-order valence-electron chi connectivity index (χ0n) is 11.6. The Kier molecular flexibility index (Phi) is 4.45. The van der Waals surface area contributed by atoms with Gasteiger partial charge in [-0.15, -0.1) is 0 Å². The van der Waals surface area contributed by atoms with Crippen LogP contribution in [0.25, 0.3) is 0 Å². The molecule has 0 amide bonds. The second-order valence-corrected chi connectivity index (χ2v) is 5.29. The minimum Gasteiger partial charge on any atom is -0.398 e. The lowest BCUT2D eigenvalue weighted by molar-refractivity contribution is 0.0991. The minimum atomic E-state index is -0.0127. The Balaban J connectivity index is 2.11. The van der Waals surface area contributed by atoms with Crippen LogP contribution >= 0.6 is 11.6 Å². The van der Waals surface area contributed by atoms with Crippen LogP contribution in [-0.4, -0.2) is 15.6 Å². The van der Waals surface area contributed by atoms with Crippen LogP contribution in [0, 0.1) is 0 Å². The van der Waals surface area contributed by atoms with Crippen molar-refractivity contribution in [2.24, 2.45) is 0 Å². The van der Waals surface area contributed by atoms with Gasteiger partial charge in [-0.05, 0) is 37.6 Å². The Morgan fingerprint density at radius 1 is 1.45 bits per heavy atom. The van der Waals surface area contributed by atoms with Gasteiger partial charge in [0.15, 0.2) is 5.78 Å². The summed E-state index contributed by atoms with van der Waals surface area (Å²) in [5.74, 6) is -0.0127. The molecular formula is C15H18ClN3O. The number of nitrogens with zero attached hydrogens (tertiary/aromatic N) is 2. The molecule has 1 atom stereocenters. The number of Topliss-reactive ketones (excluding diaryl/α,β-unsaturated/α-hetero) is 1. The van der Waals surface area contributed by atoms with Gasteiger partial charge in [-0.2, -0.15) is 5.10 Å². The summed E-state index contributed by atoms with van der Waals surface area (Å²) in [6, 6.07) is 7.15. The van der Waals surface area contributed by atoms with Crippen LogP contribution in [0.1, 0.15) is 42.4 Å². The molecule has 0 fully saturated rings. The summed E-state index contributed by atoms with van der Waals surface area (Å²) in [6.07, 6.45) is 3.18. The van der Waals surface area contributed by atoms with E-state index in [4.69, 9.17) is 17.3 Å². The lowest BCUT2D eigenvalue weighted by atomic mass is 10.1. The van der Waals surface area contributed by atoms with E-state index in [2.05, 4.69) is 18.9 Å². The van der Waals surface area contributed by atoms with E-state index in [-0.39, 0.29) is 12.2 Å². The van der Waals surface area contributed by atoms with Gasteiger partial charge in [0, 0.05) is 17.8 Å². The Morgan fingerprint density at radius 3 is 2.85 bits per heavy atom. The molecule has 0 aliphatic rings. The number of hydrogen-bond donors (Lipinski definition) is 1. The Hall–Kier alpha value is -1.81. The van der Waals surface area contributed by atoms with Crippen LogP contribution in [0.5, 0.6) is 0 Å². The van der Waals surface area contributed by atoms with Crippen molar-refractivity contribution in [3.8, 4) is 0 Å². The van der Waals surface area contributed by atoms with Crippen LogP contribution in [-0.2, 0) is 6.42 Å². The molecular weight excluding hydrogens is 274 g/mol. The van der Waals surface area contributed by atoms with Crippen molar-refractivity contribution in [3.63, 3.8) is 0 Å². The molecule has 1 aromatic heterocycles. The van der Waals surface area contributed by atoms with Crippen molar-refractivity contribution in [2.75, 3.05) is 5.73 Å². The number of rotatable bonds is 5. The molecule has 5 heteroatoms. The molecule has 0 aliphatic heterocycles. The first-order valence-corrected chi connectivity index (χ1v) is 7.01. The van der Waals surface area contributed by atoms with Gasteiger partial charge in [-0.25, -0.2) is 0 Å². The molecule has 20 heavy (non-hydrogen) atoms. The number of anilines is 1. The van der Waals surface area contributed by atoms with Crippen LogP contribution in [0.15, 0.2) is 30.5 Å². The number of carbonyl (C=O) groups is 1. The highest BCUT2D eigenvalue weighted by Crippen LogP contribution is 2.20. The summed E-state index contributed by atoms with van der Waals surface area (Å²) in [6.45, 7) is 4.20. The predicted molar refractivity (Wildman–Crippen MR) is 81.1 cm³/mol. The number of aromatic nitrogens is 2. The highest BCUT2D eigenvalue weighted by molar-refractivity contribution is 6.33. The SMILES string of the molecule is CCC(C)n1ccc(CC(=O)c2ccc(N)c(Cl)c2)n1. The number of ketones is 1. The van der Waals surface area contributed by atoms with E-state index in [1.54, 1.807) is 18.2 Å². The van der Waals surface area contributed by atoms with E-state index in [1.165, 1.54) is 0 Å². The van der Waals surface area contributed by atoms with Crippen LogP contribution in [0.3, 0.4) is 0 Å². The van der Waals surface area contributed by atoms with Gasteiger partial charge in [0.25, 0.3) is 0 Å². The molecule has 2 rings (SSSR count). The van der Waals surface area contributed by atoms with Crippen molar-refractivity contribution >= 4 is 23.1 Å². The van der Waals surface area contributed by atoms with Gasteiger partial charge in [0.2, 0.25) is 0 Å². The number of carbonyl (C=O) groups excluding carboxylic acids is 1. The third-order valence-electron chi connectivity index (χ3n) is 3.37. The fraction of sp³-hybridized carbons (Fsp3) is 0.333. The number of hydrogen-bond acceptors (Lipinski definition) is 3. The van der Waals surface area contributed by atoms with E-state index in [0.717, 1.165) is 12.1 Å². The zero-order valence-corrected chi connectivity index (χ0v) is 12.4. The molecule has 0 saturated carbocycles. The van der Waals surface area contributed by atoms with Crippen LogP contribution in [0.2, 0.25) is 5.02 Å². The molecule has 1 unspecified atom stereocenters. The molecule has 1 aromatic carbocycles. The van der Waals surface area contributed by atoms with E-state index in [0.29, 0.717) is 22.3 Å². The first-order chi connectivity index (χ1) is 9.51. The second-order valence-electron chi connectivity index (χ2n) is 4.88. The van der Waals surface area contributed by atoms with Crippen molar-refractivity contribution in [1.29, 1.82) is 0 Å². The van der Waals surface area contributed by atoms with Gasteiger partial charge in [-0.1, -0.05) is 18.5 Å². The monoisotopic (exact) mass is 291 g/mol. The third kappa shape index (κ3) is 3.20. The largest absolute Gasteiger partial charge is 0.398 e. The molecule has 0 bridgehead atoms. The number of nitrogens with two attached hydrogens (primary N) is 1. The Morgan fingerprint density at radius 2 is 2.20 bits per heavy atom. The van der Waals surface area contributed by atoms with Gasteiger partial charge < -0.3 is 5.73 Å². The van der Waals surface area contributed by atoms with Crippen molar-refractivity contribution < 1.29 is 4.79 Å². The molecule has 1 heterocycles. The molecule has 0 radical (unpaired) electrons. The minimum absolute atomic E-state index is 0.0127. The third-order valence-corrected chi connectivity index (χ3v) is 3.70. The number of benzene rings is 1. The Bertz CT molecular complexity index is 621. The highest BCUT2D eigenvalue weighted by atomic mass is 35.5. The van der Waals surface area contributed by atoms with Gasteiger partial charge >= 0.3 is 0 Å². The summed E-state index contributed by atoms with van der Waals surface area (Å²) >= 11 is 5.93. The number of halogens is 1. The Labute approximate surface area is 123 Å². The summed E-state index contributed by atoms with van der Waals surface area (Å²) in [5.41, 5.74) is 7.44. The molecule has 106 valence electrons. The molecule has 4 nitrogen and oxygen atoms in total. The van der Waals surface area contributed by atoms with E-state index in [9.17, 15) is 4.79 Å². The summed E-state index contributed by atoms with van der Waals surface area (Å²) in [4.78, 5) is 12.2. The summed E-state index contributed by atoms with van der Waals surface area (Å²) in [7, 11) is 0. The van der Waals surface area contributed by atoms with Crippen molar-refractivity contribution in [2.45, 2.75) is 32.7 Å². The highest BCUT2D eigenvalue weighted by Gasteiger charge is 2.12. The van der Waals surface area contributed by atoms with E-state index >= 15 is 0 Å². The van der Waals surface area contributed by atoms with Crippen molar-refractivity contribution in [1.82, 2.24) is 9.78 Å². The quantitative estimate of drug-likeness (QED) is 0.677. The maximum Gasteiger partial charge on any atom is 0.168 e. The maximum atomic E-state index is 12.2. The molecule has 2 N–H and O–H groups in total. The average Bonchev–Trinajstić information content (AvgIpc) is 2.89. The first kappa shape index (κ1) is 14.6. The predicted octanol–water partition coefficient (Wildman–Crippen LogP) is 3.52. The molecule has 0 spiro atoms. The van der Waals surface area contributed by atoms with E-state index < -0.39 is 0 Å². The van der Waals surface area contributed by atoms with Gasteiger partial charge in [-0.3, -0.25) is 9.48 Å². The molecule has 0 aliphatic carbocycles. The van der Waals surface area contributed by atoms with Gasteiger partial charge in [0.05, 0.1) is 22.8 Å². The maximum absolute atomic E-state index is 12.2. The average molecular weight is 292 g/mol. The number of nitrogen functional groups attached to an aromatic ring is 1. The van der Waals surface area contributed by atoms with E-state index in [1.807, 2.05) is 16.9 Å². The lowest BCUT2D eigenvalue weighted by Gasteiger charge is -2.08. The standard InChI is InChI=1S/C15H18ClN3O/c1-3-10(2)19-7-6-12(18-19)9-15(20)11-4-5-14(17)13(16)8-11/h4-8,10H,3,9,17H2,1-2H3. The first-order valence-electron chi connectivity index (χ1n) is 6.63. The summed E-state index contributed by atoms with van der Waals surface area (Å²) < 4.78 is 1.89. The zero-order chi connectivity index (χ0) is 14.7. The summed E-state index contributed by atoms with van der Waals surface area (Å²) in [5, 5.41) is 4.83. The second kappa shape index (κ2) is 6.09. The normalized spacial score (nSPS) is 12.3. The topological polar surface area (TPSA) is 60.9 Å². The fourth-order valence-electron chi connectivity index (χ4n) is 1.87. The van der Waals surface area contributed by atoms with Gasteiger partial charge in [0.1, 0.15) is 0 Å². The van der Waals surface area contributed by atoms with Crippen LogP contribution < -0.4 is 5.73 Å².